The molecule has 0 aromatic heterocycles. The molecule has 1 aliphatic rings. The normalized spacial score (nSPS) is 16.3. The summed E-state index contributed by atoms with van der Waals surface area (Å²) in [4.78, 5) is 14.5. The molecule has 1 unspecified atom stereocenters. The van der Waals surface area contributed by atoms with Crippen molar-refractivity contribution in [1.82, 2.24) is 0 Å². The standard InChI is InChI=1S/C18H18Cl2N2O/c1-12-11-13-5-2-3-8-16(13)22(12)17(23)9-10-21-15-7-4-6-14(19)18(15)20/h2-8,12,21H,9-11H2,1H3. The van der Waals surface area contributed by atoms with Crippen molar-refractivity contribution >= 4 is 40.5 Å². The van der Waals surface area contributed by atoms with Gasteiger partial charge >= 0.3 is 0 Å². The summed E-state index contributed by atoms with van der Waals surface area (Å²) in [6, 6.07) is 13.7. The number of halogens is 2. The first-order valence-electron chi connectivity index (χ1n) is 7.66. The quantitative estimate of drug-likeness (QED) is 0.862. The van der Waals surface area contributed by atoms with Gasteiger partial charge in [-0.2, -0.15) is 0 Å². The number of benzene rings is 2. The molecule has 3 nitrogen and oxygen atoms in total. The van der Waals surface area contributed by atoms with E-state index < -0.39 is 0 Å². The van der Waals surface area contributed by atoms with E-state index in [-0.39, 0.29) is 11.9 Å². The molecule has 120 valence electrons. The largest absolute Gasteiger partial charge is 0.383 e. The Labute approximate surface area is 146 Å². The van der Waals surface area contributed by atoms with Gasteiger partial charge in [-0.3, -0.25) is 4.79 Å². The second-order valence-electron chi connectivity index (χ2n) is 5.72. The molecule has 0 spiro atoms. The number of anilines is 2. The molecule has 1 atom stereocenters. The van der Waals surface area contributed by atoms with Crippen LogP contribution in [0.25, 0.3) is 0 Å². The van der Waals surface area contributed by atoms with E-state index in [0.29, 0.717) is 23.0 Å². The van der Waals surface area contributed by atoms with Gasteiger partial charge in [0.1, 0.15) is 0 Å². The first-order chi connectivity index (χ1) is 11.1. The number of rotatable bonds is 4. The van der Waals surface area contributed by atoms with Crippen LogP contribution in [-0.4, -0.2) is 18.5 Å². The van der Waals surface area contributed by atoms with Crippen LogP contribution in [0.1, 0.15) is 18.9 Å². The van der Waals surface area contributed by atoms with Crippen molar-refractivity contribution in [2.24, 2.45) is 0 Å². The maximum atomic E-state index is 12.6. The van der Waals surface area contributed by atoms with E-state index >= 15 is 0 Å². The molecule has 0 bridgehead atoms. The van der Waals surface area contributed by atoms with Crippen molar-refractivity contribution in [2.45, 2.75) is 25.8 Å². The lowest BCUT2D eigenvalue weighted by Gasteiger charge is -2.23. The minimum absolute atomic E-state index is 0.119. The minimum atomic E-state index is 0.119. The summed E-state index contributed by atoms with van der Waals surface area (Å²) < 4.78 is 0. The number of para-hydroxylation sites is 1. The lowest BCUT2D eigenvalue weighted by Crippen LogP contribution is -2.36. The van der Waals surface area contributed by atoms with Crippen LogP contribution in [0.15, 0.2) is 42.5 Å². The topological polar surface area (TPSA) is 32.3 Å². The molecule has 3 rings (SSSR count). The highest BCUT2D eigenvalue weighted by molar-refractivity contribution is 6.43. The zero-order valence-corrected chi connectivity index (χ0v) is 14.4. The van der Waals surface area contributed by atoms with Gasteiger partial charge in [0.25, 0.3) is 0 Å². The molecule has 2 aromatic rings. The summed E-state index contributed by atoms with van der Waals surface area (Å²) in [5.41, 5.74) is 3.02. The number of nitrogens with one attached hydrogen (secondary N) is 1. The average Bonchev–Trinajstić information content (AvgIpc) is 2.87. The molecule has 1 aliphatic heterocycles. The first kappa shape index (κ1) is 16.2. The lowest BCUT2D eigenvalue weighted by molar-refractivity contribution is -0.118. The highest BCUT2D eigenvalue weighted by atomic mass is 35.5. The Morgan fingerprint density at radius 3 is 2.83 bits per heavy atom. The molecule has 0 saturated heterocycles. The Balaban J connectivity index is 1.63. The lowest BCUT2D eigenvalue weighted by atomic mass is 10.1. The van der Waals surface area contributed by atoms with E-state index in [0.717, 1.165) is 17.8 Å². The summed E-state index contributed by atoms with van der Waals surface area (Å²) in [5.74, 6) is 0.119. The van der Waals surface area contributed by atoms with Gasteiger partial charge in [-0.25, -0.2) is 0 Å². The Morgan fingerprint density at radius 2 is 2.00 bits per heavy atom. The van der Waals surface area contributed by atoms with Gasteiger partial charge in [0.2, 0.25) is 5.91 Å². The number of amides is 1. The van der Waals surface area contributed by atoms with E-state index in [1.807, 2.05) is 35.2 Å². The van der Waals surface area contributed by atoms with Crippen molar-refractivity contribution in [3.8, 4) is 0 Å². The third-order valence-electron chi connectivity index (χ3n) is 4.08. The van der Waals surface area contributed by atoms with Gasteiger partial charge < -0.3 is 10.2 Å². The molecule has 1 amide bonds. The molecule has 5 heteroatoms. The number of nitrogens with zero attached hydrogens (tertiary/aromatic N) is 1. The van der Waals surface area contributed by atoms with Crippen LogP contribution in [0.4, 0.5) is 11.4 Å². The summed E-state index contributed by atoms with van der Waals surface area (Å²) >= 11 is 12.1. The van der Waals surface area contributed by atoms with Crippen molar-refractivity contribution in [3.63, 3.8) is 0 Å². The van der Waals surface area contributed by atoms with E-state index in [1.165, 1.54) is 5.56 Å². The molecule has 0 saturated carbocycles. The van der Waals surface area contributed by atoms with Gasteiger partial charge in [-0.1, -0.05) is 47.5 Å². The predicted molar refractivity (Wildman–Crippen MR) is 96.7 cm³/mol. The zero-order valence-electron chi connectivity index (χ0n) is 12.9. The van der Waals surface area contributed by atoms with Crippen LogP contribution in [0, 0.1) is 0 Å². The number of hydrogen-bond acceptors (Lipinski definition) is 2. The molecular formula is C18H18Cl2N2O. The van der Waals surface area contributed by atoms with Crippen LogP contribution in [0.3, 0.4) is 0 Å². The van der Waals surface area contributed by atoms with E-state index in [2.05, 4.69) is 18.3 Å². The van der Waals surface area contributed by atoms with Crippen LogP contribution >= 0.6 is 23.2 Å². The minimum Gasteiger partial charge on any atom is -0.383 e. The zero-order chi connectivity index (χ0) is 16.4. The smallest absolute Gasteiger partial charge is 0.229 e. The second kappa shape index (κ2) is 6.81. The number of hydrogen-bond donors (Lipinski definition) is 1. The summed E-state index contributed by atoms with van der Waals surface area (Å²) in [7, 11) is 0. The predicted octanol–water partition coefficient (Wildman–Crippen LogP) is 4.77. The average molecular weight is 349 g/mol. The van der Waals surface area contributed by atoms with Gasteiger partial charge in [0.05, 0.1) is 15.7 Å². The Morgan fingerprint density at radius 1 is 1.22 bits per heavy atom. The van der Waals surface area contributed by atoms with E-state index in [9.17, 15) is 4.79 Å². The van der Waals surface area contributed by atoms with E-state index in [1.54, 1.807) is 6.07 Å². The summed E-state index contributed by atoms with van der Waals surface area (Å²) in [5, 5.41) is 4.18. The second-order valence-corrected chi connectivity index (χ2v) is 6.51. The summed E-state index contributed by atoms with van der Waals surface area (Å²) in [6.07, 6.45) is 1.32. The summed E-state index contributed by atoms with van der Waals surface area (Å²) in [6.45, 7) is 2.60. The van der Waals surface area contributed by atoms with Gasteiger partial charge in [0.15, 0.2) is 0 Å². The Hall–Kier alpha value is -1.71. The molecule has 0 radical (unpaired) electrons. The highest BCUT2D eigenvalue weighted by Gasteiger charge is 2.29. The van der Waals surface area contributed by atoms with Crippen molar-refractivity contribution < 1.29 is 4.79 Å². The van der Waals surface area contributed by atoms with Gasteiger partial charge in [0, 0.05) is 24.7 Å². The Kier molecular flexibility index (Phi) is 4.79. The third kappa shape index (κ3) is 3.31. The maximum Gasteiger partial charge on any atom is 0.229 e. The fourth-order valence-electron chi connectivity index (χ4n) is 3.01. The molecule has 2 aromatic carbocycles. The fraction of sp³-hybridized carbons (Fsp3) is 0.278. The molecule has 1 heterocycles. The molecule has 1 N–H and O–H groups in total. The van der Waals surface area contributed by atoms with Crippen molar-refractivity contribution in [1.29, 1.82) is 0 Å². The van der Waals surface area contributed by atoms with Crippen LogP contribution in [0.5, 0.6) is 0 Å². The van der Waals surface area contributed by atoms with Crippen LogP contribution in [-0.2, 0) is 11.2 Å². The number of carbonyl (C=O) groups is 1. The molecular weight excluding hydrogens is 331 g/mol. The van der Waals surface area contributed by atoms with Crippen LogP contribution in [0.2, 0.25) is 10.0 Å². The number of fused-ring (bicyclic) bond motifs is 1. The SMILES string of the molecule is CC1Cc2ccccc2N1C(=O)CCNc1cccc(Cl)c1Cl. The number of carbonyl (C=O) groups excluding carboxylic acids is 1. The maximum absolute atomic E-state index is 12.6. The third-order valence-corrected chi connectivity index (χ3v) is 4.90. The van der Waals surface area contributed by atoms with Crippen LogP contribution < -0.4 is 10.2 Å². The van der Waals surface area contributed by atoms with E-state index in [4.69, 9.17) is 23.2 Å². The van der Waals surface area contributed by atoms with Crippen molar-refractivity contribution in [3.05, 3.63) is 58.1 Å². The van der Waals surface area contributed by atoms with Gasteiger partial charge in [-0.05, 0) is 37.1 Å². The Bertz CT molecular complexity index is 733. The molecule has 0 fully saturated rings. The first-order valence-corrected chi connectivity index (χ1v) is 8.41. The highest BCUT2D eigenvalue weighted by Crippen LogP contribution is 2.32. The molecule has 0 aliphatic carbocycles. The molecule has 23 heavy (non-hydrogen) atoms. The monoisotopic (exact) mass is 348 g/mol. The van der Waals surface area contributed by atoms with Gasteiger partial charge in [-0.15, -0.1) is 0 Å². The van der Waals surface area contributed by atoms with Crippen molar-refractivity contribution in [2.75, 3.05) is 16.8 Å². The fourth-order valence-corrected chi connectivity index (χ4v) is 3.38.